The van der Waals surface area contributed by atoms with E-state index < -0.39 is 0 Å². The summed E-state index contributed by atoms with van der Waals surface area (Å²) in [5.41, 5.74) is 3.67. The van der Waals surface area contributed by atoms with Crippen molar-refractivity contribution in [2.24, 2.45) is 0 Å². The van der Waals surface area contributed by atoms with E-state index in [0.29, 0.717) is 11.6 Å². The zero-order valence-electron chi connectivity index (χ0n) is 12.9. The summed E-state index contributed by atoms with van der Waals surface area (Å²) in [5.74, 6) is 0.832. The van der Waals surface area contributed by atoms with Crippen LogP contribution in [-0.4, -0.2) is 17.1 Å². The molecule has 23 heavy (non-hydrogen) atoms. The first-order chi connectivity index (χ1) is 11.3. The number of aromatic nitrogens is 2. The van der Waals surface area contributed by atoms with E-state index in [-0.39, 0.29) is 0 Å². The van der Waals surface area contributed by atoms with Crippen molar-refractivity contribution in [3.63, 3.8) is 0 Å². The molecule has 1 heterocycles. The first-order valence-corrected chi connectivity index (χ1v) is 7.89. The summed E-state index contributed by atoms with van der Waals surface area (Å²) < 4.78 is 5.34. The monoisotopic (exact) mass is 327 g/mol. The van der Waals surface area contributed by atoms with E-state index in [9.17, 15) is 0 Å². The van der Waals surface area contributed by atoms with Crippen LogP contribution in [0.2, 0.25) is 5.02 Å². The Kier molecular flexibility index (Phi) is 4.93. The van der Waals surface area contributed by atoms with Crippen LogP contribution in [0.5, 0.6) is 0 Å². The molecule has 0 fully saturated rings. The molecule has 3 rings (SSSR count). The molecule has 0 amide bonds. The largest absolute Gasteiger partial charge is 0.497 e. The summed E-state index contributed by atoms with van der Waals surface area (Å²) in [7, 11) is 1.67. The Morgan fingerprint density at radius 2 is 1.96 bits per heavy atom. The fraction of sp³-hybridized carbons (Fsp3) is 0.222. The van der Waals surface area contributed by atoms with E-state index in [1.165, 1.54) is 0 Å². The molecule has 1 aliphatic carbocycles. The number of methoxy groups -OCH3 is 1. The Labute approximate surface area is 140 Å². The number of benzene rings is 1. The average Bonchev–Trinajstić information content (AvgIpc) is 2.54. The number of ether oxygens (including phenoxy) is 1. The van der Waals surface area contributed by atoms with Crippen LogP contribution in [0.15, 0.2) is 60.3 Å². The number of allylic oxidation sites excluding steroid dienone is 4. The van der Waals surface area contributed by atoms with Gasteiger partial charge in [0, 0.05) is 35.7 Å². The normalized spacial score (nSPS) is 20.6. The molecule has 0 aliphatic heterocycles. The van der Waals surface area contributed by atoms with E-state index >= 15 is 0 Å². The second-order valence-electron chi connectivity index (χ2n) is 5.23. The fourth-order valence-electron chi connectivity index (χ4n) is 2.41. The molecule has 1 aliphatic rings. The average molecular weight is 328 g/mol. The lowest BCUT2D eigenvalue weighted by Crippen LogP contribution is -2.13. The number of halogens is 1. The number of hydrogen-bond acceptors (Lipinski definition) is 4. The van der Waals surface area contributed by atoms with Crippen LogP contribution < -0.4 is 5.32 Å². The van der Waals surface area contributed by atoms with Gasteiger partial charge < -0.3 is 10.1 Å². The van der Waals surface area contributed by atoms with Gasteiger partial charge in [-0.3, -0.25) is 9.97 Å². The van der Waals surface area contributed by atoms with E-state index in [0.717, 1.165) is 40.9 Å². The van der Waals surface area contributed by atoms with Crippen LogP contribution in [0, 0.1) is 0 Å². The van der Waals surface area contributed by atoms with Crippen molar-refractivity contribution in [1.29, 1.82) is 0 Å². The first-order valence-electron chi connectivity index (χ1n) is 7.51. The van der Waals surface area contributed by atoms with Crippen molar-refractivity contribution in [2.75, 3.05) is 7.11 Å². The minimum absolute atomic E-state index is 0.619. The second-order valence-corrected chi connectivity index (χ2v) is 5.64. The van der Waals surface area contributed by atoms with Crippen molar-refractivity contribution >= 4 is 22.6 Å². The number of hydrogen-bond donors (Lipinski definition) is 1. The van der Waals surface area contributed by atoms with Gasteiger partial charge in [-0.25, -0.2) is 0 Å². The molecular weight excluding hydrogens is 310 g/mol. The maximum Gasteiger partial charge on any atom is 0.120 e. The van der Waals surface area contributed by atoms with Crippen molar-refractivity contribution in [1.82, 2.24) is 15.3 Å². The second kappa shape index (κ2) is 7.29. The minimum Gasteiger partial charge on any atom is -0.497 e. The van der Waals surface area contributed by atoms with Gasteiger partial charge in [0.15, 0.2) is 0 Å². The van der Waals surface area contributed by atoms with Crippen LogP contribution in [0.3, 0.4) is 0 Å². The van der Waals surface area contributed by atoms with Crippen LogP contribution >= 0.6 is 11.6 Å². The summed E-state index contributed by atoms with van der Waals surface area (Å²) in [5, 5.41) is 4.10. The Morgan fingerprint density at radius 1 is 1.17 bits per heavy atom. The Bertz CT molecular complexity index is 796. The van der Waals surface area contributed by atoms with Gasteiger partial charge >= 0.3 is 0 Å². The Hall–Kier alpha value is -2.33. The molecule has 0 atom stereocenters. The summed E-state index contributed by atoms with van der Waals surface area (Å²) in [6.45, 7) is 0.619. The third-order valence-corrected chi connectivity index (χ3v) is 3.99. The Morgan fingerprint density at radius 3 is 2.74 bits per heavy atom. The molecule has 5 heteroatoms. The van der Waals surface area contributed by atoms with Crippen molar-refractivity contribution in [3.05, 3.63) is 70.9 Å². The SMILES string of the molecule is COC1=C/C(NCc2cc3nccnc3cc2Cl)=C\CC/C=C\1. The zero-order chi connectivity index (χ0) is 16.1. The van der Waals surface area contributed by atoms with Gasteiger partial charge in [-0.05, 0) is 36.6 Å². The maximum atomic E-state index is 6.36. The molecule has 1 aromatic heterocycles. The molecule has 2 aromatic rings. The van der Waals surface area contributed by atoms with Crippen LogP contribution in [0.25, 0.3) is 11.0 Å². The summed E-state index contributed by atoms with van der Waals surface area (Å²) in [6.07, 6.45) is 13.6. The lowest BCUT2D eigenvalue weighted by Gasteiger charge is -2.12. The van der Waals surface area contributed by atoms with Gasteiger partial charge in [0.1, 0.15) is 5.76 Å². The topological polar surface area (TPSA) is 47.0 Å². The molecular formula is C18H18ClN3O. The number of rotatable bonds is 4. The molecule has 1 aromatic carbocycles. The first kappa shape index (κ1) is 15.6. The molecule has 0 saturated heterocycles. The summed E-state index contributed by atoms with van der Waals surface area (Å²) >= 11 is 6.36. The van der Waals surface area contributed by atoms with E-state index in [1.54, 1.807) is 19.5 Å². The molecule has 0 unspecified atom stereocenters. The van der Waals surface area contributed by atoms with Crippen molar-refractivity contribution in [2.45, 2.75) is 19.4 Å². The highest BCUT2D eigenvalue weighted by atomic mass is 35.5. The van der Waals surface area contributed by atoms with Crippen LogP contribution in [-0.2, 0) is 11.3 Å². The predicted molar refractivity (Wildman–Crippen MR) is 92.9 cm³/mol. The van der Waals surface area contributed by atoms with Crippen LogP contribution in [0.1, 0.15) is 18.4 Å². The summed E-state index contributed by atoms with van der Waals surface area (Å²) in [6, 6.07) is 3.83. The van der Waals surface area contributed by atoms with Gasteiger partial charge in [-0.1, -0.05) is 23.8 Å². The molecule has 0 saturated carbocycles. The van der Waals surface area contributed by atoms with E-state index in [2.05, 4.69) is 27.4 Å². The van der Waals surface area contributed by atoms with Gasteiger partial charge in [0.2, 0.25) is 0 Å². The highest BCUT2D eigenvalue weighted by Gasteiger charge is 2.06. The van der Waals surface area contributed by atoms with Gasteiger partial charge in [-0.15, -0.1) is 0 Å². The smallest absolute Gasteiger partial charge is 0.120 e. The minimum atomic E-state index is 0.619. The standard InChI is InChI=1S/C18H18ClN3O/c1-23-15-6-4-2-3-5-14(10-15)22-12-13-9-17-18(11-16(13)19)21-8-7-20-17/h4-11,22H,2-3,12H2,1H3/b6-4-,14-5+,15-10+. The highest BCUT2D eigenvalue weighted by Crippen LogP contribution is 2.22. The molecule has 118 valence electrons. The third kappa shape index (κ3) is 3.90. The zero-order valence-corrected chi connectivity index (χ0v) is 13.7. The van der Waals surface area contributed by atoms with Crippen molar-refractivity contribution in [3.8, 4) is 0 Å². The fourth-order valence-corrected chi connectivity index (χ4v) is 2.63. The molecule has 0 radical (unpaired) electrons. The molecule has 0 spiro atoms. The van der Waals surface area contributed by atoms with Gasteiger partial charge in [0.25, 0.3) is 0 Å². The lowest BCUT2D eigenvalue weighted by molar-refractivity contribution is 0.306. The lowest BCUT2D eigenvalue weighted by atomic mass is 10.1. The van der Waals surface area contributed by atoms with Gasteiger partial charge in [-0.2, -0.15) is 0 Å². The van der Waals surface area contributed by atoms with E-state index in [4.69, 9.17) is 16.3 Å². The highest BCUT2D eigenvalue weighted by molar-refractivity contribution is 6.32. The number of nitrogens with one attached hydrogen (secondary N) is 1. The van der Waals surface area contributed by atoms with E-state index in [1.807, 2.05) is 24.3 Å². The maximum absolute atomic E-state index is 6.36. The van der Waals surface area contributed by atoms with Gasteiger partial charge in [0.05, 0.1) is 18.1 Å². The molecule has 0 bridgehead atoms. The number of nitrogens with zero attached hydrogens (tertiary/aromatic N) is 2. The predicted octanol–water partition coefficient (Wildman–Crippen LogP) is 4.14. The summed E-state index contributed by atoms with van der Waals surface area (Å²) in [4.78, 5) is 8.59. The molecule has 4 nitrogen and oxygen atoms in total. The van der Waals surface area contributed by atoms with Crippen molar-refractivity contribution < 1.29 is 4.74 Å². The Balaban J connectivity index is 1.79. The molecule has 1 N–H and O–H groups in total. The van der Waals surface area contributed by atoms with Crippen LogP contribution in [0.4, 0.5) is 0 Å². The third-order valence-electron chi connectivity index (χ3n) is 3.63. The number of fused-ring (bicyclic) bond motifs is 1. The quantitative estimate of drug-likeness (QED) is 0.917.